The van der Waals surface area contributed by atoms with Crippen LogP contribution in [-0.2, 0) is 0 Å². The zero-order valence-electron chi connectivity index (χ0n) is 5.67. The molecule has 0 aliphatic heterocycles. The topological polar surface area (TPSA) is 22.1 Å². The summed E-state index contributed by atoms with van der Waals surface area (Å²) in [5.41, 5.74) is 0.847. The Hall–Kier alpha value is -1.12. The lowest BCUT2D eigenvalue weighted by molar-refractivity contribution is 0.190. The van der Waals surface area contributed by atoms with Gasteiger partial charge in [0.1, 0.15) is 5.75 Å². The van der Waals surface area contributed by atoms with E-state index >= 15 is 0 Å². The van der Waals surface area contributed by atoms with Crippen molar-refractivity contribution >= 4 is 0 Å². The third-order valence-corrected chi connectivity index (χ3v) is 1.18. The number of aromatic nitrogens is 1. The number of hydrogen-bond donors (Lipinski definition) is 0. The molecule has 0 spiro atoms. The van der Waals surface area contributed by atoms with Crippen molar-refractivity contribution in [1.82, 2.24) is 4.98 Å². The van der Waals surface area contributed by atoms with Gasteiger partial charge in [-0.05, 0) is 13.0 Å². The summed E-state index contributed by atoms with van der Waals surface area (Å²) in [6.07, 6.45) is 3.20. The Labute approximate surface area is 58.7 Å². The van der Waals surface area contributed by atoms with Gasteiger partial charge in [0.25, 0.3) is 0 Å². The molecule has 0 amide bonds. The number of ether oxygens (including phenoxy) is 1. The number of pyridine rings is 1. The number of halogens is 1. The monoisotopic (exact) mass is 141 g/mol. The summed E-state index contributed by atoms with van der Waals surface area (Å²) in [5.74, 6) is 0.553. The van der Waals surface area contributed by atoms with Gasteiger partial charge in [0.05, 0.1) is 0 Å². The molecule has 1 heterocycles. The fourth-order valence-electron chi connectivity index (χ4n) is 0.681. The third-order valence-electron chi connectivity index (χ3n) is 1.18. The van der Waals surface area contributed by atoms with Gasteiger partial charge in [0.15, 0.2) is 0 Å². The van der Waals surface area contributed by atoms with Crippen LogP contribution in [0.4, 0.5) is 4.39 Å². The molecule has 0 fully saturated rings. The van der Waals surface area contributed by atoms with E-state index in [9.17, 15) is 4.39 Å². The smallest absolute Gasteiger partial charge is 0.228 e. The van der Waals surface area contributed by atoms with Crippen molar-refractivity contribution < 1.29 is 9.13 Å². The lowest BCUT2D eigenvalue weighted by atomic mass is 10.3. The summed E-state index contributed by atoms with van der Waals surface area (Å²) in [5, 5.41) is 0. The summed E-state index contributed by atoms with van der Waals surface area (Å²) >= 11 is 0. The van der Waals surface area contributed by atoms with Gasteiger partial charge in [-0.1, -0.05) is 0 Å². The third kappa shape index (κ3) is 1.43. The van der Waals surface area contributed by atoms with Crippen molar-refractivity contribution in [2.45, 2.75) is 6.92 Å². The highest BCUT2D eigenvalue weighted by molar-refractivity contribution is 5.27. The largest absolute Gasteiger partial charge is 0.463 e. The fourth-order valence-corrected chi connectivity index (χ4v) is 0.681. The Balaban J connectivity index is 2.81. The maximum Gasteiger partial charge on any atom is 0.228 e. The highest BCUT2D eigenvalue weighted by atomic mass is 19.1. The van der Waals surface area contributed by atoms with Gasteiger partial charge in [-0.2, -0.15) is 0 Å². The standard InChI is InChI=1S/C7H8FNO/c1-6-4-9-3-2-7(6)10-5-8/h2-4H,5H2,1H3. The number of alkyl halides is 1. The molecule has 0 aliphatic rings. The van der Waals surface area contributed by atoms with Crippen molar-refractivity contribution in [2.75, 3.05) is 6.86 Å². The Kier molecular flexibility index (Phi) is 2.20. The predicted octanol–water partition coefficient (Wildman–Crippen LogP) is 1.70. The molecule has 0 bridgehead atoms. The van der Waals surface area contributed by atoms with Crippen molar-refractivity contribution in [1.29, 1.82) is 0 Å². The van der Waals surface area contributed by atoms with Crippen LogP contribution in [0.15, 0.2) is 18.5 Å². The molecule has 0 atom stereocenters. The van der Waals surface area contributed by atoms with E-state index in [1.807, 2.05) is 6.92 Å². The zero-order chi connectivity index (χ0) is 7.40. The number of hydrogen-bond acceptors (Lipinski definition) is 2. The average Bonchev–Trinajstić information content (AvgIpc) is 1.94. The summed E-state index contributed by atoms with van der Waals surface area (Å²) in [7, 11) is 0. The maximum atomic E-state index is 11.6. The number of rotatable bonds is 2. The van der Waals surface area contributed by atoms with Gasteiger partial charge < -0.3 is 4.74 Å². The summed E-state index contributed by atoms with van der Waals surface area (Å²) in [4.78, 5) is 3.82. The Bertz CT molecular complexity index is 215. The summed E-state index contributed by atoms with van der Waals surface area (Å²) in [6, 6.07) is 1.63. The van der Waals surface area contributed by atoms with Crippen LogP contribution in [0.25, 0.3) is 0 Å². The second-order valence-corrected chi connectivity index (χ2v) is 1.89. The maximum absolute atomic E-state index is 11.6. The van der Waals surface area contributed by atoms with Crippen LogP contribution in [0, 0.1) is 6.92 Å². The first-order valence-corrected chi connectivity index (χ1v) is 2.94. The van der Waals surface area contributed by atoms with Gasteiger partial charge in [0, 0.05) is 18.0 Å². The van der Waals surface area contributed by atoms with Gasteiger partial charge in [-0.3, -0.25) is 4.98 Å². The van der Waals surface area contributed by atoms with E-state index in [1.165, 1.54) is 0 Å². The molecule has 2 nitrogen and oxygen atoms in total. The normalized spacial score (nSPS) is 9.40. The van der Waals surface area contributed by atoms with E-state index in [-0.39, 0.29) is 0 Å². The molecular weight excluding hydrogens is 133 g/mol. The Morgan fingerprint density at radius 2 is 2.50 bits per heavy atom. The molecule has 0 saturated carbocycles. The van der Waals surface area contributed by atoms with Crippen LogP contribution in [0.2, 0.25) is 0 Å². The van der Waals surface area contributed by atoms with Crippen LogP contribution >= 0.6 is 0 Å². The van der Waals surface area contributed by atoms with Crippen LogP contribution in [0.3, 0.4) is 0 Å². The highest BCUT2D eigenvalue weighted by Crippen LogP contribution is 2.14. The van der Waals surface area contributed by atoms with Crippen molar-refractivity contribution in [3.63, 3.8) is 0 Å². The van der Waals surface area contributed by atoms with Gasteiger partial charge in [0.2, 0.25) is 6.86 Å². The van der Waals surface area contributed by atoms with Gasteiger partial charge in [-0.25, -0.2) is 4.39 Å². The summed E-state index contributed by atoms with van der Waals surface area (Å²) in [6.45, 7) is 1.03. The first-order chi connectivity index (χ1) is 4.84. The zero-order valence-corrected chi connectivity index (χ0v) is 5.67. The quantitative estimate of drug-likeness (QED) is 0.625. The van der Waals surface area contributed by atoms with Crippen LogP contribution in [-0.4, -0.2) is 11.8 Å². The highest BCUT2D eigenvalue weighted by Gasteiger charge is 1.95. The average molecular weight is 141 g/mol. The van der Waals surface area contributed by atoms with Gasteiger partial charge >= 0.3 is 0 Å². The molecule has 10 heavy (non-hydrogen) atoms. The van der Waals surface area contributed by atoms with E-state index in [0.717, 1.165) is 5.56 Å². The lowest BCUT2D eigenvalue weighted by Gasteiger charge is -2.01. The molecule has 0 aliphatic carbocycles. The molecule has 54 valence electrons. The lowest BCUT2D eigenvalue weighted by Crippen LogP contribution is -1.92. The molecule has 0 saturated heterocycles. The SMILES string of the molecule is Cc1cnccc1OCF. The minimum Gasteiger partial charge on any atom is -0.463 e. The van der Waals surface area contributed by atoms with E-state index in [2.05, 4.69) is 9.72 Å². The van der Waals surface area contributed by atoms with E-state index in [0.29, 0.717) is 5.75 Å². The van der Waals surface area contributed by atoms with E-state index in [4.69, 9.17) is 0 Å². The van der Waals surface area contributed by atoms with E-state index < -0.39 is 6.86 Å². The molecule has 0 radical (unpaired) electrons. The molecule has 1 aromatic rings. The minimum atomic E-state index is -0.787. The van der Waals surface area contributed by atoms with Crippen LogP contribution < -0.4 is 4.74 Å². The Morgan fingerprint density at radius 1 is 1.70 bits per heavy atom. The van der Waals surface area contributed by atoms with Gasteiger partial charge in [-0.15, -0.1) is 0 Å². The predicted molar refractivity (Wildman–Crippen MR) is 35.6 cm³/mol. The first kappa shape index (κ1) is 6.99. The molecular formula is C7H8FNO. The Morgan fingerprint density at radius 3 is 3.10 bits per heavy atom. The van der Waals surface area contributed by atoms with E-state index in [1.54, 1.807) is 18.5 Å². The molecule has 0 aromatic carbocycles. The number of nitrogens with zero attached hydrogens (tertiary/aromatic N) is 1. The van der Waals surface area contributed by atoms with Crippen molar-refractivity contribution in [3.05, 3.63) is 24.0 Å². The minimum absolute atomic E-state index is 0.553. The molecule has 0 N–H and O–H groups in total. The molecule has 3 heteroatoms. The second-order valence-electron chi connectivity index (χ2n) is 1.89. The second kappa shape index (κ2) is 3.15. The van der Waals surface area contributed by atoms with Crippen molar-refractivity contribution in [3.8, 4) is 5.75 Å². The molecule has 1 aromatic heterocycles. The van der Waals surface area contributed by atoms with Crippen LogP contribution in [0.5, 0.6) is 5.75 Å². The molecule has 1 rings (SSSR count). The van der Waals surface area contributed by atoms with Crippen LogP contribution in [0.1, 0.15) is 5.56 Å². The molecule has 0 unspecified atom stereocenters. The first-order valence-electron chi connectivity index (χ1n) is 2.94. The fraction of sp³-hybridized carbons (Fsp3) is 0.286. The van der Waals surface area contributed by atoms with Crippen molar-refractivity contribution in [2.24, 2.45) is 0 Å². The summed E-state index contributed by atoms with van der Waals surface area (Å²) < 4.78 is 16.2. The number of aryl methyl sites for hydroxylation is 1.